The summed E-state index contributed by atoms with van der Waals surface area (Å²) in [7, 11) is 0. The molecule has 0 aliphatic carbocycles. The van der Waals surface area contributed by atoms with Crippen molar-refractivity contribution in [2.45, 2.75) is 52.6 Å². The molecule has 17 heavy (non-hydrogen) atoms. The van der Waals surface area contributed by atoms with Gasteiger partial charge < -0.3 is 10.2 Å². The van der Waals surface area contributed by atoms with Crippen LogP contribution >= 0.6 is 0 Å². The van der Waals surface area contributed by atoms with Crippen molar-refractivity contribution in [3.8, 4) is 11.8 Å². The SMILES string of the molecule is CC#CC(O)CCC(C)=CCCC(C)=CCO. The molecule has 0 saturated carbocycles. The van der Waals surface area contributed by atoms with Crippen LogP contribution in [0.2, 0.25) is 0 Å². The van der Waals surface area contributed by atoms with Crippen molar-refractivity contribution in [1.29, 1.82) is 0 Å². The van der Waals surface area contributed by atoms with E-state index in [-0.39, 0.29) is 6.61 Å². The molecule has 0 aromatic carbocycles. The highest BCUT2D eigenvalue weighted by molar-refractivity contribution is 5.06. The van der Waals surface area contributed by atoms with Crippen molar-refractivity contribution >= 4 is 0 Å². The lowest BCUT2D eigenvalue weighted by Crippen LogP contribution is -2.02. The molecular weight excluding hydrogens is 212 g/mol. The number of rotatable bonds is 7. The van der Waals surface area contributed by atoms with Crippen LogP contribution < -0.4 is 0 Å². The van der Waals surface area contributed by atoms with Gasteiger partial charge in [0.2, 0.25) is 0 Å². The molecule has 96 valence electrons. The minimum Gasteiger partial charge on any atom is -0.392 e. The summed E-state index contributed by atoms with van der Waals surface area (Å²) in [4.78, 5) is 0. The van der Waals surface area contributed by atoms with E-state index in [4.69, 9.17) is 5.11 Å². The topological polar surface area (TPSA) is 40.5 Å². The molecule has 0 aromatic heterocycles. The van der Waals surface area contributed by atoms with E-state index in [2.05, 4.69) is 24.8 Å². The Balaban J connectivity index is 3.85. The van der Waals surface area contributed by atoms with Crippen LogP contribution in [-0.4, -0.2) is 22.9 Å². The van der Waals surface area contributed by atoms with Gasteiger partial charge in [-0.15, -0.1) is 5.92 Å². The highest BCUT2D eigenvalue weighted by Crippen LogP contribution is 2.11. The average Bonchev–Trinajstić information content (AvgIpc) is 2.27. The number of allylic oxidation sites excluding steroid dienone is 3. The maximum absolute atomic E-state index is 9.44. The molecule has 0 spiro atoms. The Morgan fingerprint density at radius 3 is 2.41 bits per heavy atom. The molecule has 0 aliphatic heterocycles. The van der Waals surface area contributed by atoms with Gasteiger partial charge in [0.1, 0.15) is 6.10 Å². The molecule has 0 bridgehead atoms. The number of aliphatic hydroxyl groups is 2. The van der Waals surface area contributed by atoms with Gasteiger partial charge in [-0.25, -0.2) is 0 Å². The standard InChI is InChI=1S/C15H24O2/c1-4-6-15(17)10-9-13(2)7-5-8-14(3)11-12-16/h7,11,15-17H,5,8-10,12H2,1-3H3. The van der Waals surface area contributed by atoms with Gasteiger partial charge in [-0.3, -0.25) is 0 Å². The lowest BCUT2D eigenvalue weighted by Gasteiger charge is -2.04. The maximum atomic E-state index is 9.44. The highest BCUT2D eigenvalue weighted by atomic mass is 16.3. The summed E-state index contributed by atoms with van der Waals surface area (Å²) in [5.41, 5.74) is 2.51. The third kappa shape index (κ3) is 9.86. The van der Waals surface area contributed by atoms with E-state index in [1.807, 2.05) is 13.0 Å². The van der Waals surface area contributed by atoms with Crippen molar-refractivity contribution in [3.63, 3.8) is 0 Å². The van der Waals surface area contributed by atoms with Gasteiger partial charge in [-0.05, 0) is 46.5 Å². The normalized spacial score (nSPS) is 14.2. The molecule has 0 aromatic rings. The molecule has 0 heterocycles. The Morgan fingerprint density at radius 2 is 1.82 bits per heavy atom. The van der Waals surface area contributed by atoms with Crippen molar-refractivity contribution in [3.05, 3.63) is 23.3 Å². The summed E-state index contributed by atoms with van der Waals surface area (Å²) in [6, 6.07) is 0. The Bertz CT molecular complexity index is 316. The highest BCUT2D eigenvalue weighted by Gasteiger charge is 1.99. The van der Waals surface area contributed by atoms with Gasteiger partial charge >= 0.3 is 0 Å². The first-order chi connectivity index (χ1) is 8.10. The quantitative estimate of drug-likeness (QED) is 0.527. The van der Waals surface area contributed by atoms with Crippen LogP contribution in [-0.2, 0) is 0 Å². The van der Waals surface area contributed by atoms with Crippen LogP contribution in [0.15, 0.2) is 23.3 Å². The minimum atomic E-state index is -0.501. The summed E-state index contributed by atoms with van der Waals surface area (Å²) in [5.74, 6) is 5.45. The van der Waals surface area contributed by atoms with E-state index in [9.17, 15) is 5.11 Å². The zero-order chi connectivity index (χ0) is 13.1. The van der Waals surface area contributed by atoms with Gasteiger partial charge in [0.15, 0.2) is 0 Å². The Kier molecular flexibility index (Phi) is 9.52. The van der Waals surface area contributed by atoms with Crippen LogP contribution in [0.4, 0.5) is 0 Å². The van der Waals surface area contributed by atoms with E-state index < -0.39 is 6.10 Å². The summed E-state index contributed by atoms with van der Waals surface area (Å²) in [6.45, 7) is 5.97. The molecule has 1 atom stereocenters. The summed E-state index contributed by atoms with van der Waals surface area (Å²) < 4.78 is 0. The average molecular weight is 236 g/mol. The first-order valence-electron chi connectivity index (χ1n) is 6.12. The second-order valence-electron chi connectivity index (χ2n) is 4.27. The molecule has 2 nitrogen and oxygen atoms in total. The Morgan fingerprint density at radius 1 is 1.18 bits per heavy atom. The molecule has 0 radical (unpaired) electrons. The van der Waals surface area contributed by atoms with Crippen LogP contribution in [0.25, 0.3) is 0 Å². The maximum Gasteiger partial charge on any atom is 0.115 e. The monoisotopic (exact) mass is 236 g/mol. The first-order valence-corrected chi connectivity index (χ1v) is 6.12. The Labute approximate surface area is 105 Å². The molecule has 0 saturated heterocycles. The van der Waals surface area contributed by atoms with E-state index in [1.54, 1.807) is 6.92 Å². The Hall–Kier alpha value is -1.04. The van der Waals surface area contributed by atoms with Crippen molar-refractivity contribution in [2.75, 3.05) is 6.61 Å². The molecule has 0 rings (SSSR count). The van der Waals surface area contributed by atoms with Gasteiger partial charge in [0.25, 0.3) is 0 Å². The second kappa shape index (κ2) is 10.1. The summed E-state index contributed by atoms with van der Waals surface area (Å²) in [5, 5.41) is 18.2. The number of aliphatic hydroxyl groups excluding tert-OH is 2. The fourth-order valence-electron chi connectivity index (χ4n) is 1.51. The van der Waals surface area contributed by atoms with Crippen LogP contribution in [0.5, 0.6) is 0 Å². The van der Waals surface area contributed by atoms with E-state index in [1.165, 1.54) is 11.1 Å². The zero-order valence-corrected chi connectivity index (χ0v) is 11.2. The van der Waals surface area contributed by atoms with Gasteiger partial charge in [-0.1, -0.05) is 29.2 Å². The number of hydrogen-bond donors (Lipinski definition) is 2. The molecular formula is C15H24O2. The number of hydrogen-bond acceptors (Lipinski definition) is 2. The lowest BCUT2D eigenvalue weighted by molar-refractivity contribution is 0.222. The molecule has 0 amide bonds. The van der Waals surface area contributed by atoms with E-state index >= 15 is 0 Å². The predicted octanol–water partition coefficient (Wildman–Crippen LogP) is 2.82. The van der Waals surface area contributed by atoms with Crippen LogP contribution in [0.1, 0.15) is 46.5 Å². The third-order valence-electron chi connectivity index (χ3n) is 2.59. The summed E-state index contributed by atoms with van der Waals surface area (Å²) >= 11 is 0. The molecule has 0 aliphatic rings. The smallest absolute Gasteiger partial charge is 0.115 e. The van der Waals surface area contributed by atoms with E-state index in [0.29, 0.717) is 6.42 Å². The molecule has 2 N–H and O–H groups in total. The predicted molar refractivity (Wildman–Crippen MR) is 72.5 cm³/mol. The van der Waals surface area contributed by atoms with Crippen molar-refractivity contribution < 1.29 is 10.2 Å². The molecule has 0 fully saturated rings. The summed E-state index contributed by atoms with van der Waals surface area (Å²) in [6.07, 6.45) is 7.09. The fourth-order valence-corrected chi connectivity index (χ4v) is 1.51. The zero-order valence-electron chi connectivity index (χ0n) is 11.2. The van der Waals surface area contributed by atoms with Crippen LogP contribution in [0.3, 0.4) is 0 Å². The molecule has 2 heteroatoms. The van der Waals surface area contributed by atoms with Gasteiger partial charge in [0.05, 0.1) is 6.61 Å². The second-order valence-corrected chi connectivity index (χ2v) is 4.27. The minimum absolute atomic E-state index is 0.121. The molecule has 1 unspecified atom stereocenters. The third-order valence-corrected chi connectivity index (χ3v) is 2.59. The van der Waals surface area contributed by atoms with Crippen molar-refractivity contribution in [1.82, 2.24) is 0 Å². The largest absolute Gasteiger partial charge is 0.392 e. The van der Waals surface area contributed by atoms with Gasteiger partial charge in [0, 0.05) is 0 Å². The fraction of sp³-hybridized carbons (Fsp3) is 0.600. The lowest BCUT2D eigenvalue weighted by atomic mass is 10.1. The van der Waals surface area contributed by atoms with E-state index in [0.717, 1.165) is 19.3 Å². The first kappa shape index (κ1) is 16.0. The van der Waals surface area contributed by atoms with Crippen LogP contribution in [0, 0.1) is 11.8 Å². The van der Waals surface area contributed by atoms with Crippen molar-refractivity contribution in [2.24, 2.45) is 0 Å². The van der Waals surface area contributed by atoms with Gasteiger partial charge in [-0.2, -0.15) is 0 Å².